The number of anilines is 2. The van der Waals surface area contributed by atoms with Gasteiger partial charge in [-0.1, -0.05) is 78.9 Å². The van der Waals surface area contributed by atoms with E-state index in [1.807, 2.05) is 109 Å². The van der Waals surface area contributed by atoms with E-state index in [1.54, 1.807) is 24.1 Å². The fourth-order valence-corrected chi connectivity index (χ4v) is 7.92. The van der Waals surface area contributed by atoms with Crippen LogP contribution < -0.4 is 26.4 Å². The maximum absolute atomic E-state index is 13.2. The Balaban J connectivity index is 0.798. The number of para-hydroxylation sites is 1. The van der Waals surface area contributed by atoms with Crippen molar-refractivity contribution < 1.29 is 24.2 Å². The molecule has 2 heterocycles. The van der Waals surface area contributed by atoms with Gasteiger partial charge in [0.2, 0.25) is 11.5 Å². The van der Waals surface area contributed by atoms with Gasteiger partial charge in [-0.15, -0.1) is 0 Å². The average molecular weight is 835 g/mol. The molecule has 0 radical (unpaired) electrons. The molecule has 5 N–H and O–H groups in total. The number of H-pyrrole nitrogens is 1. The smallest absolute Gasteiger partial charge is 0.411 e. The quantitative estimate of drug-likeness (QED) is 0.0666. The Morgan fingerprint density at radius 2 is 1.63 bits per heavy atom. The highest BCUT2D eigenvalue weighted by Crippen LogP contribution is 2.28. The maximum atomic E-state index is 13.2. The van der Waals surface area contributed by atoms with Crippen molar-refractivity contribution in [2.75, 3.05) is 43.4 Å². The Bertz CT molecular complexity index is 2530. The van der Waals surface area contributed by atoms with Crippen molar-refractivity contribution in [1.82, 2.24) is 20.5 Å². The van der Waals surface area contributed by atoms with Gasteiger partial charge in [-0.3, -0.25) is 19.7 Å². The van der Waals surface area contributed by atoms with Gasteiger partial charge in [0.1, 0.15) is 11.9 Å². The highest BCUT2D eigenvalue weighted by molar-refractivity contribution is 5.95. The van der Waals surface area contributed by atoms with Gasteiger partial charge < -0.3 is 35.3 Å². The molecular weight excluding hydrogens is 781 g/mol. The number of phenols is 1. The number of nitrogens with zero attached hydrogens (tertiary/aromatic N) is 2. The molecule has 320 valence electrons. The molecule has 0 bridgehead atoms. The zero-order valence-corrected chi connectivity index (χ0v) is 35.2. The molecule has 3 amide bonds. The lowest BCUT2D eigenvalue weighted by atomic mass is 10.0. The van der Waals surface area contributed by atoms with E-state index in [0.29, 0.717) is 55.7 Å². The number of ether oxygens (including phenoxy) is 1. The van der Waals surface area contributed by atoms with Gasteiger partial charge in [-0.05, 0) is 104 Å². The second-order valence-corrected chi connectivity index (χ2v) is 15.9. The van der Waals surface area contributed by atoms with E-state index in [9.17, 15) is 24.3 Å². The van der Waals surface area contributed by atoms with E-state index in [0.717, 1.165) is 64.8 Å². The van der Waals surface area contributed by atoms with Crippen molar-refractivity contribution in [1.29, 1.82) is 0 Å². The Morgan fingerprint density at radius 3 is 2.42 bits per heavy atom. The van der Waals surface area contributed by atoms with Gasteiger partial charge in [0.25, 0.3) is 5.91 Å². The highest BCUT2D eigenvalue weighted by atomic mass is 16.6. The number of phenolic OH excluding ortho intramolecular Hbond substituents is 1. The lowest BCUT2D eigenvalue weighted by Gasteiger charge is -2.31. The predicted octanol–water partition coefficient (Wildman–Crippen LogP) is 7.66. The number of rotatable bonds is 16. The van der Waals surface area contributed by atoms with Gasteiger partial charge >= 0.3 is 6.09 Å². The van der Waals surface area contributed by atoms with Crippen LogP contribution in [0.4, 0.5) is 16.2 Å². The third kappa shape index (κ3) is 11.5. The molecule has 1 aliphatic rings. The fourth-order valence-electron chi connectivity index (χ4n) is 7.92. The number of aromatic amines is 1. The van der Waals surface area contributed by atoms with Crippen molar-refractivity contribution in [3.63, 3.8) is 0 Å². The van der Waals surface area contributed by atoms with Crippen LogP contribution in [-0.4, -0.2) is 78.3 Å². The molecular formula is C50H54N6O6. The summed E-state index contributed by atoms with van der Waals surface area (Å²) in [6.07, 6.45) is 2.57. The first-order valence-corrected chi connectivity index (χ1v) is 21.2. The van der Waals surface area contributed by atoms with Crippen LogP contribution in [0.25, 0.3) is 22.0 Å². The number of pyridine rings is 1. The van der Waals surface area contributed by atoms with Gasteiger partial charge in [-0.25, -0.2) is 4.79 Å². The van der Waals surface area contributed by atoms with Crippen LogP contribution in [0.5, 0.6) is 5.75 Å². The zero-order valence-electron chi connectivity index (χ0n) is 35.2. The molecule has 12 heteroatoms. The van der Waals surface area contributed by atoms with Crippen LogP contribution in [0.15, 0.2) is 132 Å². The third-order valence-corrected chi connectivity index (χ3v) is 11.4. The topological polar surface area (TPSA) is 156 Å². The molecule has 1 saturated heterocycles. The zero-order chi connectivity index (χ0) is 43.4. The normalized spacial score (nSPS) is 13.6. The molecule has 12 nitrogen and oxygen atoms in total. The van der Waals surface area contributed by atoms with Crippen molar-refractivity contribution >= 4 is 40.2 Å². The minimum Gasteiger partial charge on any atom is -0.506 e. The molecule has 5 aromatic carbocycles. The number of amides is 3. The van der Waals surface area contributed by atoms with Crippen molar-refractivity contribution in [3.05, 3.63) is 160 Å². The van der Waals surface area contributed by atoms with E-state index in [1.165, 1.54) is 6.07 Å². The van der Waals surface area contributed by atoms with Crippen LogP contribution in [0.3, 0.4) is 0 Å². The molecule has 0 saturated carbocycles. The summed E-state index contributed by atoms with van der Waals surface area (Å²) in [5.41, 5.74) is 7.21. The van der Waals surface area contributed by atoms with E-state index in [2.05, 4.69) is 32.8 Å². The monoisotopic (exact) mass is 834 g/mol. The maximum Gasteiger partial charge on any atom is 0.411 e. The molecule has 0 unspecified atom stereocenters. The standard InChI is InChI=1S/C50H54N6O6/c1-34(51-27-23-38-17-21-45(57)48-43(38)20-22-46(58)54-48)31-36-9-8-12-39(32-36)49(60)52-33-35-15-18-40(19-16-35)55(2)47(59)26-30-56-28-24-41(25-29-56)62-50(61)53-44-14-7-6-13-42(44)37-10-4-3-5-11-37/h3-22,32,34,41,51,57H,23-31,33H2,1-2H3,(H,52,60)(H,53,61)(H,54,58)/t34-/m1/s1. The van der Waals surface area contributed by atoms with Gasteiger partial charge in [0, 0.05) is 74.0 Å². The van der Waals surface area contributed by atoms with Crippen LogP contribution >= 0.6 is 0 Å². The van der Waals surface area contributed by atoms with E-state index >= 15 is 0 Å². The minimum atomic E-state index is -0.464. The lowest BCUT2D eigenvalue weighted by molar-refractivity contribution is -0.118. The minimum absolute atomic E-state index is 0.00915. The number of fused-ring (bicyclic) bond motifs is 1. The summed E-state index contributed by atoms with van der Waals surface area (Å²) < 4.78 is 5.78. The summed E-state index contributed by atoms with van der Waals surface area (Å²) in [5.74, 6) is -0.101. The molecule has 0 spiro atoms. The summed E-state index contributed by atoms with van der Waals surface area (Å²) in [4.78, 5) is 57.5. The Labute approximate surface area is 361 Å². The molecule has 62 heavy (non-hydrogen) atoms. The summed E-state index contributed by atoms with van der Waals surface area (Å²) in [7, 11) is 1.78. The van der Waals surface area contributed by atoms with Crippen LogP contribution in [0.2, 0.25) is 0 Å². The molecule has 1 fully saturated rings. The van der Waals surface area contributed by atoms with Gasteiger partial charge in [0.15, 0.2) is 0 Å². The van der Waals surface area contributed by atoms with Crippen LogP contribution in [-0.2, 0) is 28.9 Å². The van der Waals surface area contributed by atoms with Crippen molar-refractivity contribution in [3.8, 4) is 16.9 Å². The first-order chi connectivity index (χ1) is 30.1. The van der Waals surface area contributed by atoms with Crippen molar-refractivity contribution in [2.24, 2.45) is 0 Å². The molecule has 1 aliphatic heterocycles. The van der Waals surface area contributed by atoms with E-state index < -0.39 is 6.09 Å². The number of piperidine rings is 1. The summed E-state index contributed by atoms with van der Waals surface area (Å²) in [5, 5.41) is 20.5. The van der Waals surface area contributed by atoms with E-state index in [-0.39, 0.29) is 35.3 Å². The first-order valence-electron chi connectivity index (χ1n) is 21.2. The highest BCUT2D eigenvalue weighted by Gasteiger charge is 2.24. The average Bonchev–Trinajstić information content (AvgIpc) is 3.29. The number of aromatic hydroxyl groups is 1. The number of hydrogen-bond donors (Lipinski definition) is 5. The number of carbonyl (C=O) groups is 3. The van der Waals surface area contributed by atoms with Crippen LogP contribution in [0, 0.1) is 0 Å². The van der Waals surface area contributed by atoms with Crippen LogP contribution in [0.1, 0.15) is 53.2 Å². The molecule has 7 rings (SSSR count). The number of nitrogens with one attached hydrogen (secondary N) is 4. The summed E-state index contributed by atoms with van der Waals surface area (Å²) in [6, 6.07) is 39.7. The van der Waals surface area contributed by atoms with E-state index in [4.69, 9.17) is 4.74 Å². The van der Waals surface area contributed by atoms with Gasteiger partial charge in [0.05, 0.1) is 11.2 Å². The molecule has 6 aromatic rings. The number of aromatic nitrogens is 1. The largest absolute Gasteiger partial charge is 0.506 e. The number of likely N-dealkylation sites (tertiary alicyclic amines) is 1. The summed E-state index contributed by atoms with van der Waals surface area (Å²) >= 11 is 0. The number of benzene rings is 5. The fraction of sp³-hybridized carbons (Fsp3) is 0.280. The van der Waals surface area contributed by atoms with Gasteiger partial charge in [-0.2, -0.15) is 0 Å². The summed E-state index contributed by atoms with van der Waals surface area (Å²) in [6.45, 7) is 5.26. The third-order valence-electron chi connectivity index (χ3n) is 11.4. The lowest BCUT2D eigenvalue weighted by Crippen LogP contribution is -2.40. The second-order valence-electron chi connectivity index (χ2n) is 15.9. The molecule has 1 atom stereocenters. The molecule has 1 aromatic heterocycles. The Kier molecular flexibility index (Phi) is 14.4. The Hall–Kier alpha value is -6.76. The second kappa shape index (κ2) is 20.7. The SMILES string of the molecule is C[C@H](Cc1cccc(C(=O)NCc2ccc(N(C)C(=O)CCN3CCC(OC(=O)Nc4ccccc4-c4ccccc4)CC3)cc2)c1)NCCc1ccc(O)c2[nH]c(=O)ccc12. The predicted molar refractivity (Wildman–Crippen MR) is 245 cm³/mol. The number of hydrogen-bond acceptors (Lipinski definition) is 8. The first kappa shape index (κ1) is 43.3. The molecule has 0 aliphatic carbocycles. The Morgan fingerprint density at radius 1 is 0.871 bits per heavy atom. The number of carbonyl (C=O) groups excluding carboxylic acids is 3. The van der Waals surface area contributed by atoms with Crippen molar-refractivity contribution in [2.45, 2.75) is 57.7 Å².